The Morgan fingerprint density at radius 1 is 0.704 bits per heavy atom. The van der Waals surface area contributed by atoms with Crippen LogP contribution in [0.15, 0.2) is 109 Å². The maximum atomic E-state index is 11.5. The summed E-state index contributed by atoms with van der Waals surface area (Å²) in [6.07, 6.45) is 1.70. The average Bonchev–Trinajstić information content (AvgIpc) is 3.14. The molecule has 0 aromatic heterocycles. The predicted molar refractivity (Wildman–Crippen MR) is 232 cm³/mol. The molecule has 0 saturated heterocycles. The van der Waals surface area contributed by atoms with Gasteiger partial charge in [-0.05, 0) is 70.8 Å². The van der Waals surface area contributed by atoms with Crippen LogP contribution in [0, 0.1) is 35.1 Å². The van der Waals surface area contributed by atoms with E-state index in [-0.39, 0.29) is 18.0 Å². The SMILES string of the molecule is C.[C-]#[N+]c1ccc(Nc2c(N)ccc3ccccc23)c(CC(C)C)c1.[C-]#[N+]c1ccc(Nc2c([N+](=O)[O-])ccc3ccccc23)c(CC(C)C)c1.[Cl][Sn][Cl]. The summed E-state index contributed by atoms with van der Waals surface area (Å²) in [5.74, 6) is 0.912. The number of nitro groups is 1. The molecule has 0 fully saturated rings. The summed E-state index contributed by atoms with van der Waals surface area (Å²) in [5, 5.41) is 22.3. The number of nitrogen functional groups attached to an aromatic ring is 1. The molecule has 0 heterocycles. The fourth-order valence-corrected chi connectivity index (χ4v) is 6.00. The summed E-state index contributed by atoms with van der Waals surface area (Å²) in [7, 11) is 9.87. The molecule has 0 atom stereocenters. The van der Waals surface area contributed by atoms with Gasteiger partial charge in [-0.3, -0.25) is 10.1 Å². The zero-order valence-corrected chi connectivity index (χ0v) is 34.3. The average molecular weight is 866 g/mol. The van der Waals surface area contributed by atoms with E-state index in [2.05, 4.69) is 60.2 Å². The minimum absolute atomic E-state index is 0. The van der Waals surface area contributed by atoms with E-state index in [1.165, 1.54) is 6.07 Å². The monoisotopic (exact) mass is 866 g/mol. The van der Waals surface area contributed by atoms with Crippen molar-refractivity contribution in [1.82, 2.24) is 0 Å². The first-order valence-electron chi connectivity index (χ1n) is 16.9. The standard InChI is InChI=1S/C21H19N3O2.C21H21N3.CH4.2ClH.Sn/c1-14(2)12-16-13-17(22-3)9-10-19(16)23-21-18-7-5-4-6-15(18)8-11-20(21)24(25)26;1-14(2)12-16-13-17(23-3)9-11-20(16)24-21-18-7-5-4-6-15(18)8-10-19(21)22;;;;/h4-11,13-14,23H,12H2,1-2H3;4-11,13-14,24H,12,22H2,1-2H3;1H4;2*1H;/q;;;;;+2/p-2. The van der Waals surface area contributed by atoms with Crippen LogP contribution in [0.25, 0.3) is 31.2 Å². The summed E-state index contributed by atoms with van der Waals surface area (Å²) >= 11 is -0.826. The van der Waals surface area contributed by atoms with E-state index in [1.54, 1.807) is 12.1 Å². The predicted octanol–water partition coefficient (Wildman–Crippen LogP) is 13.8. The first-order valence-corrected chi connectivity index (χ1v) is 24.2. The van der Waals surface area contributed by atoms with Crippen LogP contribution in [0.4, 0.5) is 45.5 Å². The van der Waals surface area contributed by atoms with Gasteiger partial charge in [0.05, 0.1) is 29.4 Å². The molecule has 4 N–H and O–H groups in total. The number of benzene rings is 6. The Morgan fingerprint density at radius 3 is 1.57 bits per heavy atom. The number of rotatable bonds is 9. The molecule has 0 unspecified atom stereocenters. The topological polar surface area (TPSA) is 102 Å². The number of hydrogen-bond donors (Lipinski definition) is 3. The van der Waals surface area contributed by atoms with E-state index in [0.717, 1.165) is 68.3 Å². The Morgan fingerprint density at radius 2 is 1.13 bits per heavy atom. The van der Waals surface area contributed by atoms with Gasteiger partial charge in [-0.2, -0.15) is 0 Å². The number of nitrogens with zero attached hydrogens (tertiary/aromatic N) is 3. The van der Waals surface area contributed by atoms with E-state index in [0.29, 0.717) is 28.9 Å². The number of nitrogens with one attached hydrogen (secondary N) is 2. The van der Waals surface area contributed by atoms with E-state index in [4.69, 9.17) is 36.7 Å². The number of nitrogens with two attached hydrogens (primary N) is 1. The van der Waals surface area contributed by atoms with Crippen molar-refractivity contribution in [3.05, 3.63) is 153 Å². The molecule has 6 aromatic carbocycles. The van der Waals surface area contributed by atoms with Gasteiger partial charge < -0.3 is 16.4 Å². The first-order chi connectivity index (χ1) is 25.5. The molecule has 8 nitrogen and oxygen atoms in total. The third-order valence-corrected chi connectivity index (χ3v) is 8.28. The summed E-state index contributed by atoms with van der Waals surface area (Å²) in [6.45, 7) is 23.0. The van der Waals surface area contributed by atoms with Crippen molar-refractivity contribution in [2.24, 2.45) is 11.8 Å². The van der Waals surface area contributed by atoms with Gasteiger partial charge in [0, 0.05) is 28.2 Å². The first kappa shape index (κ1) is 43.4. The number of halogens is 2. The molecule has 0 saturated carbocycles. The Balaban J connectivity index is 0.000000267. The van der Waals surface area contributed by atoms with Crippen molar-refractivity contribution in [3.8, 4) is 0 Å². The Kier molecular flexibility index (Phi) is 16.9. The molecule has 0 bridgehead atoms. The van der Waals surface area contributed by atoms with Gasteiger partial charge in [0.25, 0.3) is 5.69 Å². The third-order valence-electron chi connectivity index (χ3n) is 8.28. The van der Waals surface area contributed by atoms with Gasteiger partial charge >= 0.3 is 36.7 Å². The molecule has 0 amide bonds. The molecule has 6 aromatic rings. The molecule has 0 aliphatic carbocycles. The number of nitro benzene ring substituents is 1. The van der Waals surface area contributed by atoms with E-state index >= 15 is 0 Å². The van der Waals surface area contributed by atoms with E-state index in [1.807, 2.05) is 78.9 Å². The second-order valence-electron chi connectivity index (χ2n) is 13.1. The van der Waals surface area contributed by atoms with Crippen molar-refractivity contribution < 1.29 is 4.92 Å². The van der Waals surface area contributed by atoms with Gasteiger partial charge in [0.15, 0.2) is 11.4 Å². The minimum atomic E-state index is -0.826. The quantitative estimate of drug-likeness (QED) is 0.0442. The van der Waals surface area contributed by atoms with Crippen LogP contribution in [-0.4, -0.2) is 23.8 Å². The van der Waals surface area contributed by atoms with Crippen LogP contribution in [0.2, 0.25) is 0 Å². The van der Waals surface area contributed by atoms with Crippen LogP contribution >= 0.6 is 17.8 Å². The van der Waals surface area contributed by atoms with Gasteiger partial charge in [0.1, 0.15) is 5.69 Å². The van der Waals surface area contributed by atoms with Crippen LogP contribution < -0.4 is 16.4 Å². The maximum absolute atomic E-state index is 11.5. The molecule has 0 aliphatic rings. The summed E-state index contributed by atoms with van der Waals surface area (Å²) in [5.41, 5.74) is 13.6. The number of fused-ring (bicyclic) bond motifs is 2. The van der Waals surface area contributed by atoms with Crippen LogP contribution in [0.5, 0.6) is 0 Å². The second kappa shape index (κ2) is 21.0. The molecule has 11 heteroatoms. The molecular formula is C43H44Cl2N6O2Sn. The van der Waals surface area contributed by atoms with Gasteiger partial charge in [-0.25, -0.2) is 9.69 Å². The Hall–Kier alpha value is -5.00. The van der Waals surface area contributed by atoms with Crippen molar-refractivity contribution in [1.29, 1.82) is 0 Å². The van der Waals surface area contributed by atoms with Gasteiger partial charge in [-0.1, -0.05) is 114 Å². The van der Waals surface area contributed by atoms with Crippen molar-refractivity contribution in [3.63, 3.8) is 0 Å². The molecular weight excluding hydrogens is 822 g/mol. The normalized spacial score (nSPS) is 10.3. The van der Waals surface area contributed by atoms with Gasteiger partial charge in [0.2, 0.25) is 0 Å². The number of hydrogen-bond acceptors (Lipinski definition) is 5. The molecule has 6 rings (SSSR count). The second-order valence-corrected chi connectivity index (χ2v) is 17.4. The molecule has 0 spiro atoms. The van der Waals surface area contributed by atoms with E-state index < -0.39 is 18.9 Å². The van der Waals surface area contributed by atoms with Crippen molar-refractivity contribution in [2.75, 3.05) is 16.4 Å². The summed E-state index contributed by atoms with van der Waals surface area (Å²) in [6, 6.07) is 34.2. The summed E-state index contributed by atoms with van der Waals surface area (Å²) < 4.78 is 0. The van der Waals surface area contributed by atoms with Crippen LogP contribution in [-0.2, 0) is 12.8 Å². The molecule has 2 radical (unpaired) electrons. The van der Waals surface area contributed by atoms with Gasteiger partial charge in [-0.15, -0.1) is 0 Å². The third kappa shape index (κ3) is 11.5. The van der Waals surface area contributed by atoms with E-state index in [9.17, 15) is 10.1 Å². The molecule has 54 heavy (non-hydrogen) atoms. The Labute approximate surface area is 336 Å². The zero-order chi connectivity index (χ0) is 38.5. The zero-order valence-electron chi connectivity index (χ0n) is 30.0. The van der Waals surface area contributed by atoms with Crippen LogP contribution in [0.1, 0.15) is 46.2 Å². The Bertz CT molecular complexity index is 2300. The fraction of sp³-hybridized carbons (Fsp3) is 0.209. The van der Waals surface area contributed by atoms with Crippen molar-refractivity contribution >= 4 is 104 Å². The molecule has 276 valence electrons. The van der Waals surface area contributed by atoms with Crippen LogP contribution in [0.3, 0.4) is 0 Å². The van der Waals surface area contributed by atoms with Crippen molar-refractivity contribution in [2.45, 2.75) is 48.0 Å². The number of anilines is 5. The molecule has 0 aliphatic heterocycles. The fourth-order valence-electron chi connectivity index (χ4n) is 6.00. The summed E-state index contributed by atoms with van der Waals surface area (Å²) in [4.78, 5) is 18.2.